The summed E-state index contributed by atoms with van der Waals surface area (Å²) in [6.07, 6.45) is 1.27. The number of carbonyl (C=O) groups is 1. The fourth-order valence-corrected chi connectivity index (χ4v) is 4.41. The maximum atomic E-state index is 12.1. The van der Waals surface area contributed by atoms with Crippen LogP contribution in [0.25, 0.3) is 0 Å². The highest BCUT2D eigenvalue weighted by Gasteiger charge is 2.26. The lowest BCUT2D eigenvalue weighted by Crippen LogP contribution is -2.40. The molecule has 0 aromatic carbocycles. The lowest BCUT2D eigenvalue weighted by atomic mass is 10.1. The van der Waals surface area contributed by atoms with Crippen molar-refractivity contribution in [3.63, 3.8) is 0 Å². The van der Waals surface area contributed by atoms with E-state index in [1.54, 1.807) is 0 Å². The first-order valence-corrected chi connectivity index (χ1v) is 8.20. The van der Waals surface area contributed by atoms with E-state index in [9.17, 15) is 13.2 Å². The standard InChI is InChI=1S/C11H15NO5S2/c1-7-4-9(2-3-17-7)12-19(15,16)10-5-8(6-18-10)11(13)14/h5-7,9,12H,2-4H2,1H3,(H,13,14). The Morgan fingerprint density at radius 1 is 1.58 bits per heavy atom. The second-order valence-electron chi connectivity index (χ2n) is 4.48. The van der Waals surface area contributed by atoms with Crippen molar-refractivity contribution in [1.29, 1.82) is 0 Å². The highest BCUT2D eigenvalue weighted by atomic mass is 32.2. The number of rotatable bonds is 4. The highest BCUT2D eigenvalue weighted by molar-refractivity contribution is 7.91. The molecule has 2 rings (SSSR count). The molecule has 1 fully saturated rings. The van der Waals surface area contributed by atoms with Crippen molar-refractivity contribution in [1.82, 2.24) is 4.72 Å². The lowest BCUT2D eigenvalue weighted by molar-refractivity contribution is 0.0173. The minimum atomic E-state index is -3.65. The zero-order valence-electron chi connectivity index (χ0n) is 10.3. The van der Waals surface area contributed by atoms with E-state index in [1.807, 2.05) is 6.92 Å². The van der Waals surface area contributed by atoms with Gasteiger partial charge >= 0.3 is 5.97 Å². The molecule has 0 bridgehead atoms. The fraction of sp³-hybridized carbons (Fsp3) is 0.545. The number of aromatic carboxylic acids is 1. The van der Waals surface area contributed by atoms with Gasteiger partial charge in [-0.25, -0.2) is 17.9 Å². The average Bonchev–Trinajstić information content (AvgIpc) is 2.78. The molecule has 1 saturated heterocycles. The Labute approximate surface area is 115 Å². The summed E-state index contributed by atoms with van der Waals surface area (Å²) >= 11 is 0.912. The molecule has 8 heteroatoms. The Morgan fingerprint density at radius 2 is 2.32 bits per heavy atom. The molecule has 1 aromatic rings. The summed E-state index contributed by atoms with van der Waals surface area (Å²) in [5.41, 5.74) is -0.00859. The first-order valence-electron chi connectivity index (χ1n) is 5.84. The monoisotopic (exact) mass is 305 g/mol. The van der Waals surface area contributed by atoms with Crippen LogP contribution in [0.5, 0.6) is 0 Å². The molecule has 2 unspecified atom stereocenters. The predicted molar refractivity (Wildman–Crippen MR) is 70.0 cm³/mol. The van der Waals surface area contributed by atoms with Crippen molar-refractivity contribution >= 4 is 27.3 Å². The summed E-state index contributed by atoms with van der Waals surface area (Å²) in [7, 11) is -3.65. The quantitative estimate of drug-likeness (QED) is 0.874. The van der Waals surface area contributed by atoms with E-state index in [2.05, 4.69) is 4.72 Å². The number of sulfonamides is 1. The second-order valence-corrected chi connectivity index (χ2v) is 7.34. The Morgan fingerprint density at radius 3 is 2.89 bits per heavy atom. The summed E-state index contributed by atoms with van der Waals surface area (Å²) in [5.74, 6) is -1.13. The van der Waals surface area contributed by atoms with E-state index in [-0.39, 0.29) is 21.9 Å². The number of carboxylic acid groups (broad SMARTS) is 1. The van der Waals surface area contributed by atoms with Crippen LogP contribution in [0.1, 0.15) is 30.1 Å². The topological polar surface area (TPSA) is 92.7 Å². The van der Waals surface area contributed by atoms with Crippen molar-refractivity contribution < 1.29 is 23.1 Å². The minimum Gasteiger partial charge on any atom is -0.478 e. The number of hydrogen-bond donors (Lipinski definition) is 2. The normalized spacial score (nSPS) is 24.3. The molecule has 1 aliphatic heterocycles. The maximum Gasteiger partial charge on any atom is 0.336 e. The van der Waals surface area contributed by atoms with Gasteiger partial charge in [-0.3, -0.25) is 0 Å². The van der Waals surface area contributed by atoms with Crippen molar-refractivity contribution in [3.05, 3.63) is 17.0 Å². The van der Waals surface area contributed by atoms with Crippen molar-refractivity contribution in [2.45, 2.75) is 36.1 Å². The third kappa shape index (κ3) is 3.53. The highest BCUT2D eigenvalue weighted by Crippen LogP contribution is 2.22. The van der Waals surface area contributed by atoms with Gasteiger partial charge in [0, 0.05) is 18.0 Å². The molecule has 6 nitrogen and oxygen atoms in total. The second kappa shape index (κ2) is 5.58. The molecule has 0 aliphatic carbocycles. The third-order valence-corrected chi connectivity index (χ3v) is 5.85. The van der Waals surface area contributed by atoms with Crippen LogP contribution in [0, 0.1) is 0 Å². The van der Waals surface area contributed by atoms with Gasteiger partial charge in [-0.1, -0.05) is 0 Å². The molecular formula is C11H15NO5S2. The Kier molecular flexibility index (Phi) is 4.24. The molecule has 1 aliphatic rings. The summed E-state index contributed by atoms with van der Waals surface area (Å²) in [5, 5.41) is 10.1. The van der Waals surface area contributed by atoms with Crippen LogP contribution in [-0.2, 0) is 14.8 Å². The summed E-state index contributed by atoms with van der Waals surface area (Å²) < 4.78 is 32.2. The van der Waals surface area contributed by atoms with E-state index in [1.165, 1.54) is 11.4 Å². The zero-order valence-corrected chi connectivity index (χ0v) is 12.0. The largest absolute Gasteiger partial charge is 0.478 e. The third-order valence-electron chi connectivity index (χ3n) is 2.89. The molecule has 2 N–H and O–H groups in total. The van der Waals surface area contributed by atoms with Crippen LogP contribution in [0.15, 0.2) is 15.7 Å². The fourth-order valence-electron chi connectivity index (χ4n) is 1.95. The summed E-state index contributed by atoms with van der Waals surface area (Å²) in [6.45, 7) is 2.42. The molecule has 2 heterocycles. The van der Waals surface area contributed by atoms with Crippen molar-refractivity contribution in [2.24, 2.45) is 0 Å². The van der Waals surface area contributed by atoms with Gasteiger partial charge in [0.2, 0.25) is 10.0 Å². The first-order chi connectivity index (χ1) is 8.88. The van der Waals surface area contributed by atoms with Gasteiger partial charge in [0.25, 0.3) is 0 Å². The average molecular weight is 305 g/mol. The van der Waals surface area contributed by atoms with Crippen LogP contribution in [0.3, 0.4) is 0 Å². The Bertz CT molecular complexity index is 565. The molecule has 2 atom stereocenters. The summed E-state index contributed by atoms with van der Waals surface area (Å²) in [4.78, 5) is 10.7. The van der Waals surface area contributed by atoms with Crippen LogP contribution >= 0.6 is 11.3 Å². The number of thiophene rings is 1. The molecule has 106 valence electrons. The van der Waals surface area contributed by atoms with Crippen molar-refractivity contribution in [2.75, 3.05) is 6.61 Å². The zero-order chi connectivity index (χ0) is 14.0. The SMILES string of the molecule is CC1CC(NS(=O)(=O)c2cc(C(=O)O)cs2)CCO1. The number of nitrogens with one attached hydrogen (secondary N) is 1. The van der Waals surface area contributed by atoms with Gasteiger partial charge in [0.1, 0.15) is 4.21 Å². The first kappa shape index (κ1) is 14.4. The predicted octanol–water partition coefficient (Wildman–Crippen LogP) is 1.29. The van der Waals surface area contributed by atoms with Crippen LogP contribution in [0.4, 0.5) is 0 Å². The van der Waals surface area contributed by atoms with Crippen LogP contribution in [-0.4, -0.2) is 38.2 Å². The molecule has 19 heavy (non-hydrogen) atoms. The molecule has 1 aromatic heterocycles. The van der Waals surface area contributed by atoms with E-state index < -0.39 is 16.0 Å². The van der Waals surface area contributed by atoms with E-state index >= 15 is 0 Å². The van der Waals surface area contributed by atoms with E-state index in [0.29, 0.717) is 19.4 Å². The van der Waals surface area contributed by atoms with Gasteiger partial charge in [0.05, 0.1) is 11.7 Å². The van der Waals surface area contributed by atoms with Crippen molar-refractivity contribution in [3.8, 4) is 0 Å². The van der Waals surface area contributed by atoms with Crippen LogP contribution in [0.2, 0.25) is 0 Å². The molecule has 0 radical (unpaired) electrons. The number of hydrogen-bond acceptors (Lipinski definition) is 5. The Balaban J connectivity index is 2.10. The van der Waals surface area contributed by atoms with Gasteiger partial charge < -0.3 is 9.84 Å². The molecule has 0 amide bonds. The van der Waals surface area contributed by atoms with Gasteiger partial charge in [-0.05, 0) is 25.8 Å². The van der Waals surface area contributed by atoms with Gasteiger partial charge in [-0.15, -0.1) is 11.3 Å². The molecule has 0 spiro atoms. The van der Waals surface area contributed by atoms with E-state index in [4.69, 9.17) is 9.84 Å². The summed E-state index contributed by atoms with van der Waals surface area (Å²) in [6, 6.07) is 1.02. The Hall–Kier alpha value is -0.960. The van der Waals surface area contributed by atoms with Crippen LogP contribution < -0.4 is 4.72 Å². The minimum absolute atomic E-state index is 0.00859. The maximum absolute atomic E-state index is 12.1. The number of ether oxygens (including phenoxy) is 1. The lowest BCUT2D eigenvalue weighted by Gasteiger charge is -2.27. The molecule has 0 saturated carbocycles. The molecular weight excluding hydrogens is 290 g/mol. The van der Waals surface area contributed by atoms with Gasteiger partial charge in [0.15, 0.2) is 0 Å². The smallest absolute Gasteiger partial charge is 0.336 e. The van der Waals surface area contributed by atoms with E-state index in [0.717, 1.165) is 11.3 Å². The van der Waals surface area contributed by atoms with Gasteiger partial charge in [-0.2, -0.15) is 0 Å². The number of carboxylic acids is 1.